The Balaban J connectivity index is 1.36. The zero-order valence-electron chi connectivity index (χ0n) is 15.4. The van der Waals surface area contributed by atoms with Crippen molar-refractivity contribution in [2.24, 2.45) is 11.8 Å². The van der Waals surface area contributed by atoms with E-state index in [-0.39, 0.29) is 4.92 Å². The van der Waals surface area contributed by atoms with Gasteiger partial charge in [0, 0.05) is 24.2 Å². The number of ether oxygens (including phenoxy) is 2. The first-order chi connectivity index (χ1) is 12.2. The van der Waals surface area contributed by atoms with Gasteiger partial charge in [0.25, 0.3) is 0 Å². The van der Waals surface area contributed by atoms with Crippen LogP contribution >= 0.6 is 0 Å². The molecule has 5 aliphatic rings. The number of nitrogens with zero attached hydrogens (tertiary/aromatic N) is 1. The SMILES string of the molecule is [CH2]CCCCCCC(CCC[C]1OC2CC3CCC2CC3O1)[N+](=O)[O-]. The van der Waals surface area contributed by atoms with Gasteiger partial charge in [-0.2, -0.15) is 0 Å². The number of unbranched alkanes of at least 4 members (excludes halogenated alkanes) is 4. The molecule has 0 aromatic heterocycles. The van der Waals surface area contributed by atoms with Crippen LogP contribution in [-0.2, 0) is 9.47 Å². The lowest BCUT2D eigenvalue weighted by molar-refractivity contribution is -0.524. The van der Waals surface area contributed by atoms with E-state index in [1.165, 1.54) is 12.8 Å². The van der Waals surface area contributed by atoms with Crippen molar-refractivity contribution >= 4 is 0 Å². The molecule has 5 fully saturated rings. The van der Waals surface area contributed by atoms with Gasteiger partial charge in [0.2, 0.25) is 12.3 Å². The van der Waals surface area contributed by atoms with Gasteiger partial charge in [0.05, 0.1) is 12.2 Å². The first kappa shape index (κ1) is 19.1. The maximum Gasteiger partial charge on any atom is 0.224 e. The predicted octanol–water partition coefficient (Wildman–Crippen LogP) is 5.07. The fourth-order valence-corrected chi connectivity index (χ4v) is 4.84. The first-order valence-corrected chi connectivity index (χ1v) is 10.3. The van der Waals surface area contributed by atoms with Crippen molar-refractivity contribution in [2.75, 3.05) is 0 Å². The summed E-state index contributed by atoms with van der Waals surface area (Å²) in [4.78, 5) is 11.2. The van der Waals surface area contributed by atoms with Gasteiger partial charge in [0.15, 0.2) is 0 Å². The zero-order valence-corrected chi connectivity index (χ0v) is 15.4. The average molecular weight is 351 g/mol. The Morgan fingerprint density at radius 3 is 2.16 bits per heavy atom. The Morgan fingerprint density at radius 1 is 1.00 bits per heavy atom. The molecule has 2 saturated heterocycles. The van der Waals surface area contributed by atoms with Crippen molar-refractivity contribution in [1.29, 1.82) is 0 Å². The lowest BCUT2D eigenvalue weighted by Gasteiger charge is -2.42. The van der Waals surface area contributed by atoms with E-state index >= 15 is 0 Å². The number of nitro groups is 1. The second-order valence-electron chi connectivity index (χ2n) is 8.14. The molecule has 0 N–H and O–H groups in total. The molecular formula is C20H33NO4. The predicted molar refractivity (Wildman–Crippen MR) is 96.1 cm³/mol. The van der Waals surface area contributed by atoms with E-state index in [0.717, 1.165) is 64.1 Å². The lowest BCUT2D eigenvalue weighted by atomic mass is 9.67. The van der Waals surface area contributed by atoms with Crippen molar-refractivity contribution in [2.45, 2.75) is 102 Å². The topological polar surface area (TPSA) is 61.6 Å². The van der Waals surface area contributed by atoms with Gasteiger partial charge in [-0.3, -0.25) is 10.1 Å². The molecule has 3 aliphatic carbocycles. The maximum absolute atomic E-state index is 11.3. The van der Waals surface area contributed by atoms with Crippen LogP contribution in [0.5, 0.6) is 0 Å². The summed E-state index contributed by atoms with van der Waals surface area (Å²) in [6.45, 7) is 3.83. The monoisotopic (exact) mass is 351 g/mol. The number of hydrogen-bond acceptors (Lipinski definition) is 4. The Hall–Kier alpha value is -0.680. The molecule has 5 rings (SSSR count). The third-order valence-electron chi connectivity index (χ3n) is 6.35. The lowest BCUT2D eigenvalue weighted by Crippen LogP contribution is -2.42. The standard InChI is InChI=1S/C20H33NO4/c1-2-3-4-5-6-8-17(21(22)23)9-7-10-20-24-18-14-16-12-11-15(18)13-19(16)25-20/h15-19H,1-14H2. The highest BCUT2D eigenvalue weighted by molar-refractivity contribution is 4.97. The number of fused-ring (bicyclic) bond motifs is 3. The fraction of sp³-hybridized carbons (Fsp3) is 0.900. The Morgan fingerprint density at radius 2 is 1.60 bits per heavy atom. The molecule has 3 saturated carbocycles. The number of rotatable bonds is 11. The van der Waals surface area contributed by atoms with Gasteiger partial charge in [-0.05, 0) is 50.4 Å². The van der Waals surface area contributed by atoms with Crippen molar-refractivity contribution in [3.8, 4) is 0 Å². The van der Waals surface area contributed by atoms with E-state index < -0.39 is 6.04 Å². The molecule has 0 aromatic carbocycles. The van der Waals surface area contributed by atoms with Crippen molar-refractivity contribution in [3.63, 3.8) is 0 Å². The molecule has 5 unspecified atom stereocenters. The van der Waals surface area contributed by atoms with Crippen LogP contribution in [0.3, 0.4) is 0 Å². The molecule has 25 heavy (non-hydrogen) atoms. The van der Waals surface area contributed by atoms with Gasteiger partial charge in [-0.1, -0.05) is 32.6 Å². The third kappa shape index (κ3) is 5.16. The third-order valence-corrected chi connectivity index (χ3v) is 6.35. The van der Waals surface area contributed by atoms with E-state index in [1.54, 1.807) is 0 Å². The largest absolute Gasteiger partial charge is 0.342 e. The molecule has 0 amide bonds. The normalized spacial score (nSPS) is 32.7. The van der Waals surface area contributed by atoms with E-state index in [1.807, 2.05) is 0 Å². The average Bonchev–Trinajstić information content (AvgIpc) is 2.86. The molecule has 0 aromatic rings. The quantitative estimate of drug-likeness (QED) is 0.296. The molecule has 2 aliphatic heterocycles. The van der Waals surface area contributed by atoms with Crippen LogP contribution in [0.4, 0.5) is 0 Å². The van der Waals surface area contributed by atoms with E-state index in [0.29, 0.717) is 36.9 Å². The summed E-state index contributed by atoms with van der Waals surface area (Å²) in [7, 11) is 0. The summed E-state index contributed by atoms with van der Waals surface area (Å²) < 4.78 is 12.2. The van der Waals surface area contributed by atoms with E-state index in [9.17, 15) is 10.1 Å². The highest BCUT2D eigenvalue weighted by atomic mass is 16.7. The van der Waals surface area contributed by atoms with Crippen LogP contribution in [0.25, 0.3) is 0 Å². The summed E-state index contributed by atoms with van der Waals surface area (Å²) in [5, 5.41) is 11.3. The van der Waals surface area contributed by atoms with Gasteiger partial charge >= 0.3 is 0 Å². The van der Waals surface area contributed by atoms with Gasteiger partial charge in [-0.15, -0.1) is 0 Å². The van der Waals surface area contributed by atoms with Gasteiger partial charge in [-0.25, -0.2) is 0 Å². The highest BCUT2D eigenvalue weighted by Gasteiger charge is 2.47. The maximum atomic E-state index is 11.3. The van der Waals surface area contributed by atoms with Gasteiger partial charge in [0.1, 0.15) is 0 Å². The minimum absolute atomic E-state index is 0.0925. The smallest absolute Gasteiger partial charge is 0.224 e. The molecule has 142 valence electrons. The van der Waals surface area contributed by atoms with E-state index in [2.05, 4.69) is 6.92 Å². The Bertz CT molecular complexity index is 410. The van der Waals surface area contributed by atoms with Crippen molar-refractivity contribution < 1.29 is 14.4 Å². The highest BCUT2D eigenvalue weighted by Crippen LogP contribution is 2.49. The fourth-order valence-electron chi connectivity index (χ4n) is 4.84. The molecule has 2 heterocycles. The van der Waals surface area contributed by atoms with Crippen molar-refractivity contribution in [3.05, 3.63) is 23.3 Å². The Kier molecular flexibility index (Phi) is 7.11. The number of hydrogen-bond donors (Lipinski definition) is 0. The first-order valence-electron chi connectivity index (χ1n) is 10.3. The van der Waals surface area contributed by atoms with Crippen LogP contribution in [-0.4, -0.2) is 23.2 Å². The van der Waals surface area contributed by atoms with E-state index in [4.69, 9.17) is 9.47 Å². The molecule has 5 nitrogen and oxygen atoms in total. The summed E-state index contributed by atoms with van der Waals surface area (Å²) in [6.07, 6.45) is 14.4. The van der Waals surface area contributed by atoms with Crippen LogP contribution in [0.15, 0.2) is 0 Å². The summed E-state index contributed by atoms with van der Waals surface area (Å²) in [5.74, 6) is 1.33. The Labute approximate surface area is 152 Å². The molecule has 0 spiro atoms. The zero-order chi connectivity index (χ0) is 17.6. The van der Waals surface area contributed by atoms with Crippen LogP contribution in [0, 0.1) is 35.2 Å². The minimum Gasteiger partial charge on any atom is -0.342 e. The van der Waals surface area contributed by atoms with Crippen molar-refractivity contribution in [1.82, 2.24) is 0 Å². The van der Waals surface area contributed by atoms with Gasteiger partial charge < -0.3 is 9.47 Å². The van der Waals surface area contributed by atoms with Crippen LogP contribution in [0.2, 0.25) is 0 Å². The second-order valence-corrected chi connectivity index (χ2v) is 8.14. The molecule has 5 heteroatoms. The molecular weight excluding hydrogens is 318 g/mol. The molecule has 4 bridgehead atoms. The summed E-state index contributed by atoms with van der Waals surface area (Å²) >= 11 is 0. The molecule has 2 radical (unpaired) electrons. The van der Waals surface area contributed by atoms with Crippen LogP contribution < -0.4 is 0 Å². The minimum atomic E-state index is -0.418. The second kappa shape index (κ2) is 9.31. The summed E-state index contributed by atoms with van der Waals surface area (Å²) in [5.41, 5.74) is 0. The van der Waals surface area contributed by atoms with Crippen LogP contribution in [0.1, 0.15) is 83.5 Å². The molecule has 5 atom stereocenters. The summed E-state index contributed by atoms with van der Waals surface area (Å²) in [6, 6.07) is -0.418.